The standard InChI is InChI=1S/C11H17BrN2O3S/c1-7(2)11(15)6-14-18(16,17)8-3-4-9(12)10(13)5-8/h3-5,7,11,14-15H,6,13H2,1-2H3. The van der Waals surface area contributed by atoms with Crippen molar-refractivity contribution in [2.45, 2.75) is 24.8 Å². The molecule has 5 nitrogen and oxygen atoms in total. The summed E-state index contributed by atoms with van der Waals surface area (Å²) in [6.45, 7) is 3.61. The van der Waals surface area contributed by atoms with Gasteiger partial charge in [-0.2, -0.15) is 0 Å². The van der Waals surface area contributed by atoms with Crippen LogP contribution < -0.4 is 10.5 Å². The molecule has 18 heavy (non-hydrogen) atoms. The Morgan fingerprint density at radius 3 is 2.56 bits per heavy atom. The van der Waals surface area contributed by atoms with Gasteiger partial charge in [-0.25, -0.2) is 13.1 Å². The maximum Gasteiger partial charge on any atom is 0.240 e. The van der Waals surface area contributed by atoms with Crippen molar-refractivity contribution < 1.29 is 13.5 Å². The summed E-state index contributed by atoms with van der Waals surface area (Å²) in [6.07, 6.45) is -0.715. The second kappa shape index (κ2) is 6.01. The van der Waals surface area contributed by atoms with Crippen molar-refractivity contribution in [1.29, 1.82) is 0 Å². The van der Waals surface area contributed by atoms with Gasteiger partial charge in [-0.1, -0.05) is 13.8 Å². The van der Waals surface area contributed by atoms with Gasteiger partial charge in [0.1, 0.15) is 0 Å². The molecule has 0 amide bonds. The zero-order valence-corrected chi connectivity index (χ0v) is 12.6. The van der Waals surface area contributed by atoms with Crippen LogP contribution >= 0.6 is 15.9 Å². The van der Waals surface area contributed by atoms with Crippen LogP contribution in [0.2, 0.25) is 0 Å². The van der Waals surface area contributed by atoms with Crippen molar-refractivity contribution in [1.82, 2.24) is 4.72 Å². The van der Waals surface area contributed by atoms with Gasteiger partial charge in [0, 0.05) is 16.7 Å². The van der Waals surface area contributed by atoms with E-state index in [0.29, 0.717) is 10.2 Å². The number of nitrogen functional groups attached to an aromatic ring is 1. The summed E-state index contributed by atoms with van der Waals surface area (Å²) in [5.74, 6) is -0.0114. The zero-order chi connectivity index (χ0) is 13.9. The third-order valence-corrected chi connectivity index (χ3v) is 4.67. The van der Waals surface area contributed by atoms with Gasteiger partial charge < -0.3 is 10.8 Å². The first-order chi connectivity index (χ1) is 8.24. The number of hydrogen-bond donors (Lipinski definition) is 3. The van der Waals surface area contributed by atoms with E-state index in [-0.39, 0.29) is 17.4 Å². The Hall–Kier alpha value is -0.630. The van der Waals surface area contributed by atoms with Crippen molar-refractivity contribution in [2.75, 3.05) is 12.3 Å². The molecule has 0 saturated carbocycles. The number of halogens is 1. The molecule has 0 aromatic heterocycles. The van der Waals surface area contributed by atoms with E-state index in [4.69, 9.17) is 5.73 Å². The SMILES string of the molecule is CC(C)C(O)CNS(=O)(=O)c1ccc(Br)c(N)c1. The van der Waals surface area contributed by atoms with Crippen molar-refractivity contribution in [3.63, 3.8) is 0 Å². The number of nitrogens with one attached hydrogen (secondary N) is 1. The van der Waals surface area contributed by atoms with Crippen molar-refractivity contribution in [2.24, 2.45) is 5.92 Å². The molecule has 0 aliphatic carbocycles. The molecular weight excluding hydrogens is 320 g/mol. The van der Waals surface area contributed by atoms with Crippen LogP contribution in [0.25, 0.3) is 0 Å². The maximum atomic E-state index is 11.9. The zero-order valence-electron chi connectivity index (χ0n) is 10.2. The minimum absolute atomic E-state index is 0.0114. The van der Waals surface area contributed by atoms with Gasteiger partial charge in [-0.3, -0.25) is 0 Å². The Morgan fingerprint density at radius 1 is 1.44 bits per heavy atom. The highest BCUT2D eigenvalue weighted by molar-refractivity contribution is 9.10. The number of anilines is 1. The van der Waals surface area contributed by atoms with E-state index in [1.54, 1.807) is 6.07 Å². The summed E-state index contributed by atoms with van der Waals surface area (Å²) in [4.78, 5) is 0.0826. The van der Waals surface area contributed by atoms with Crippen LogP contribution in [0, 0.1) is 5.92 Å². The van der Waals surface area contributed by atoms with E-state index >= 15 is 0 Å². The molecule has 1 aromatic carbocycles. The quantitative estimate of drug-likeness (QED) is 0.707. The van der Waals surface area contributed by atoms with Gasteiger partial charge in [0.25, 0.3) is 0 Å². The molecule has 0 radical (unpaired) electrons. The highest BCUT2D eigenvalue weighted by Crippen LogP contribution is 2.22. The second-order valence-electron chi connectivity index (χ2n) is 4.35. The molecule has 0 spiro atoms. The van der Waals surface area contributed by atoms with Gasteiger partial charge in [0.05, 0.1) is 11.0 Å². The summed E-state index contributed by atoms with van der Waals surface area (Å²) in [7, 11) is -3.64. The molecule has 1 atom stereocenters. The Bertz CT molecular complexity index is 517. The number of aliphatic hydroxyl groups is 1. The van der Waals surface area contributed by atoms with Crippen molar-refractivity contribution in [3.8, 4) is 0 Å². The van der Waals surface area contributed by atoms with Crippen LogP contribution in [-0.4, -0.2) is 26.2 Å². The van der Waals surface area contributed by atoms with E-state index in [1.165, 1.54) is 12.1 Å². The molecule has 0 aliphatic rings. The highest BCUT2D eigenvalue weighted by atomic mass is 79.9. The molecular formula is C11H17BrN2O3S. The summed E-state index contributed by atoms with van der Waals surface area (Å²) >= 11 is 3.20. The van der Waals surface area contributed by atoms with Crippen LogP contribution in [0.15, 0.2) is 27.6 Å². The van der Waals surface area contributed by atoms with E-state index in [2.05, 4.69) is 20.7 Å². The minimum Gasteiger partial charge on any atom is -0.398 e. The number of sulfonamides is 1. The van der Waals surface area contributed by atoms with E-state index in [1.807, 2.05) is 13.8 Å². The highest BCUT2D eigenvalue weighted by Gasteiger charge is 2.18. The molecule has 102 valence electrons. The fourth-order valence-electron chi connectivity index (χ4n) is 1.20. The number of benzene rings is 1. The van der Waals surface area contributed by atoms with Gasteiger partial charge in [-0.15, -0.1) is 0 Å². The smallest absolute Gasteiger partial charge is 0.240 e. The lowest BCUT2D eigenvalue weighted by atomic mass is 10.1. The first-order valence-electron chi connectivity index (χ1n) is 5.47. The molecule has 4 N–H and O–H groups in total. The first kappa shape index (κ1) is 15.4. The molecule has 1 aromatic rings. The van der Waals surface area contributed by atoms with Crippen LogP contribution in [-0.2, 0) is 10.0 Å². The summed E-state index contributed by atoms with van der Waals surface area (Å²) in [6, 6.07) is 4.39. The lowest BCUT2D eigenvalue weighted by Gasteiger charge is -2.15. The predicted octanol–water partition coefficient (Wildman–Crippen LogP) is 1.33. The van der Waals surface area contributed by atoms with Crippen LogP contribution in [0.5, 0.6) is 0 Å². The Labute approximate surface area is 116 Å². The first-order valence-corrected chi connectivity index (χ1v) is 7.74. The fourth-order valence-corrected chi connectivity index (χ4v) is 2.54. The number of nitrogens with two attached hydrogens (primary N) is 1. The van der Waals surface area contributed by atoms with Crippen LogP contribution in [0.3, 0.4) is 0 Å². The normalized spacial score (nSPS) is 13.8. The second-order valence-corrected chi connectivity index (χ2v) is 6.97. The largest absolute Gasteiger partial charge is 0.398 e. The van der Waals surface area contributed by atoms with E-state index < -0.39 is 16.1 Å². The number of rotatable bonds is 5. The number of hydrogen-bond acceptors (Lipinski definition) is 4. The average molecular weight is 337 g/mol. The molecule has 0 saturated heterocycles. The summed E-state index contributed by atoms with van der Waals surface area (Å²) in [5.41, 5.74) is 5.98. The van der Waals surface area contributed by atoms with Gasteiger partial charge in [0.15, 0.2) is 0 Å². The third-order valence-electron chi connectivity index (χ3n) is 2.53. The summed E-state index contributed by atoms with van der Waals surface area (Å²) < 4.78 is 26.9. The molecule has 1 rings (SSSR count). The summed E-state index contributed by atoms with van der Waals surface area (Å²) in [5, 5.41) is 9.58. The Balaban J connectivity index is 2.83. The van der Waals surface area contributed by atoms with Crippen molar-refractivity contribution in [3.05, 3.63) is 22.7 Å². The Morgan fingerprint density at radius 2 is 2.06 bits per heavy atom. The number of aliphatic hydroxyl groups excluding tert-OH is 1. The molecule has 0 bridgehead atoms. The minimum atomic E-state index is -3.64. The Kier molecular flexibility index (Phi) is 5.15. The fraction of sp³-hybridized carbons (Fsp3) is 0.455. The topological polar surface area (TPSA) is 92.4 Å². The van der Waals surface area contributed by atoms with Crippen LogP contribution in [0.4, 0.5) is 5.69 Å². The molecule has 0 heterocycles. The van der Waals surface area contributed by atoms with E-state index in [9.17, 15) is 13.5 Å². The molecule has 7 heteroatoms. The van der Waals surface area contributed by atoms with Crippen molar-refractivity contribution >= 4 is 31.6 Å². The predicted molar refractivity (Wildman–Crippen MR) is 74.6 cm³/mol. The molecule has 0 fully saturated rings. The van der Waals surface area contributed by atoms with Crippen LogP contribution in [0.1, 0.15) is 13.8 Å². The third kappa shape index (κ3) is 3.94. The lowest BCUT2D eigenvalue weighted by molar-refractivity contribution is 0.129. The molecule has 0 aliphatic heterocycles. The molecule has 1 unspecified atom stereocenters. The van der Waals surface area contributed by atoms with Gasteiger partial charge in [0.2, 0.25) is 10.0 Å². The average Bonchev–Trinajstić information content (AvgIpc) is 2.29. The maximum absolute atomic E-state index is 11.9. The lowest BCUT2D eigenvalue weighted by Crippen LogP contribution is -2.34. The van der Waals surface area contributed by atoms with Gasteiger partial charge in [-0.05, 0) is 40.0 Å². The van der Waals surface area contributed by atoms with E-state index in [0.717, 1.165) is 0 Å². The van der Waals surface area contributed by atoms with Gasteiger partial charge >= 0.3 is 0 Å². The monoisotopic (exact) mass is 336 g/mol.